The van der Waals surface area contributed by atoms with Crippen LogP contribution in [0.2, 0.25) is 5.02 Å². The van der Waals surface area contributed by atoms with E-state index in [0.29, 0.717) is 12.0 Å². The Morgan fingerprint density at radius 2 is 1.84 bits per heavy atom. The zero-order chi connectivity index (χ0) is 14.1. The summed E-state index contributed by atoms with van der Waals surface area (Å²) < 4.78 is 0. The van der Waals surface area contributed by atoms with Gasteiger partial charge in [0.15, 0.2) is 0 Å². The van der Waals surface area contributed by atoms with E-state index in [1.54, 1.807) is 0 Å². The summed E-state index contributed by atoms with van der Waals surface area (Å²) >= 11 is 6.35. The molecule has 1 aromatic carbocycles. The molecule has 0 bridgehead atoms. The molecule has 1 atom stereocenters. The number of unbranched alkanes of at least 4 members (excludes halogenated alkanes) is 3. The average molecular weight is 282 g/mol. The number of rotatable bonds is 9. The molecule has 1 unspecified atom stereocenters. The molecule has 0 saturated carbocycles. The van der Waals surface area contributed by atoms with Crippen LogP contribution in [0.5, 0.6) is 0 Å². The maximum absolute atomic E-state index is 6.35. The zero-order valence-corrected chi connectivity index (χ0v) is 13.3. The monoisotopic (exact) mass is 281 g/mol. The molecule has 1 aromatic rings. The van der Waals surface area contributed by atoms with E-state index in [9.17, 15) is 0 Å². The SMILES string of the molecule is CCCCCCC(CNC(C)C)c1ccccc1Cl. The van der Waals surface area contributed by atoms with Crippen LogP contribution in [-0.2, 0) is 0 Å². The predicted octanol–water partition coefficient (Wildman–Crippen LogP) is 5.39. The summed E-state index contributed by atoms with van der Waals surface area (Å²) in [6.07, 6.45) is 6.49. The number of nitrogens with one attached hydrogen (secondary N) is 1. The molecule has 0 heterocycles. The minimum Gasteiger partial charge on any atom is -0.314 e. The Morgan fingerprint density at radius 3 is 2.47 bits per heavy atom. The van der Waals surface area contributed by atoms with Gasteiger partial charge in [0.05, 0.1) is 0 Å². The van der Waals surface area contributed by atoms with Crippen molar-refractivity contribution in [1.29, 1.82) is 0 Å². The van der Waals surface area contributed by atoms with Crippen molar-refractivity contribution in [3.8, 4) is 0 Å². The molecule has 0 fully saturated rings. The first kappa shape index (κ1) is 16.5. The molecule has 0 aliphatic carbocycles. The quantitative estimate of drug-likeness (QED) is 0.598. The molecular weight excluding hydrogens is 254 g/mol. The van der Waals surface area contributed by atoms with Crippen LogP contribution < -0.4 is 5.32 Å². The highest BCUT2D eigenvalue weighted by molar-refractivity contribution is 6.31. The third kappa shape index (κ3) is 6.44. The van der Waals surface area contributed by atoms with Gasteiger partial charge in [-0.05, 0) is 24.0 Å². The van der Waals surface area contributed by atoms with Crippen LogP contribution in [0.3, 0.4) is 0 Å². The van der Waals surface area contributed by atoms with Crippen LogP contribution in [-0.4, -0.2) is 12.6 Å². The second kappa shape index (κ2) is 9.39. The van der Waals surface area contributed by atoms with Gasteiger partial charge >= 0.3 is 0 Å². The lowest BCUT2D eigenvalue weighted by Crippen LogP contribution is -2.28. The lowest BCUT2D eigenvalue weighted by molar-refractivity contribution is 0.486. The molecule has 0 spiro atoms. The van der Waals surface area contributed by atoms with Crippen LogP contribution >= 0.6 is 11.6 Å². The lowest BCUT2D eigenvalue weighted by atomic mass is 9.92. The first-order valence-electron chi connectivity index (χ1n) is 7.63. The smallest absolute Gasteiger partial charge is 0.0441 e. The van der Waals surface area contributed by atoms with Gasteiger partial charge in [-0.25, -0.2) is 0 Å². The van der Waals surface area contributed by atoms with E-state index in [1.807, 2.05) is 12.1 Å². The van der Waals surface area contributed by atoms with Crippen molar-refractivity contribution in [2.24, 2.45) is 0 Å². The molecular formula is C17H28ClN. The first-order chi connectivity index (χ1) is 9.15. The Balaban J connectivity index is 2.60. The van der Waals surface area contributed by atoms with Gasteiger partial charge in [0, 0.05) is 17.6 Å². The second-order valence-electron chi connectivity index (χ2n) is 5.63. The summed E-state index contributed by atoms with van der Waals surface area (Å²) in [5.74, 6) is 0.535. The van der Waals surface area contributed by atoms with E-state index in [2.05, 4.69) is 38.2 Å². The molecule has 2 heteroatoms. The Bertz CT molecular complexity index is 349. The summed E-state index contributed by atoms with van der Waals surface area (Å²) in [7, 11) is 0. The van der Waals surface area contributed by atoms with Gasteiger partial charge in [-0.2, -0.15) is 0 Å². The van der Waals surface area contributed by atoms with Crippen molar-refractivity contribution >= 4 is 11.6 Å². The standard InChI is InChI=1S/C17H28ClN/c1-4-5-6-7-10-15(13-19-14(2)3)16-11-8-9-12-17(16)18/h8-9,11-12,14-15,19H,4-7,10,13H2,1-3H3. The molecule has 0 aromatic heterocycles. The van der Waals surface area contributed by atoms with Gasteiger partial charge in [-0.1, -0.05) is 76.3 Å². The Morgan fingerprint density at radius 1 is 1.11 bits per heavy atom. The molecule has 0 aliphatic heterocycles. The topological polar surface area (TPSA) is 12.0 Å². The Kier molecular flexibility index (Phi) is 8.16. The Labute approximate surface area is 123 Å². The highest BCUT2D eigenvalue weighted by atomic mass is 35.5. The summed E-state index contributed by atoms with van der Waals surface area (Å²) in [5.41, 5.74) is 1.30. The fraction of sp³-hybridized carbons (Fsp3) is 0.647. The number of halogens is 1. The maximum Gasteiger partial charge on any atom is 0.0441 e. The second-order valence-corrected chi connectivity index (χ2v) is 6.04. The third-order valence-electron chi connectivity index (χ3n) is 3.52. The van der Waals surface area contributed by atoms with Crippen LogP contribution in [0, 0.1) is 0 Å². The van der Waals surface area contributed by atoms with E-state index >= 15 is 0 Å². The summed E-state index contributed by atoms with van der Waals surface area (Å²) in [6, 6.07) is 8.81. The molecule has 0 amide bonds. The number of hydrogen-bond donors (Lipinski definition) is 1. The van der Waals surface area contributed by atoms with Gasteiger partial charge in [-0.15, -0.1) is 0 Å². The number of benzene rings is 1. The van der Waals surface area contributed by atoms with E-state index < -0.39 is 0 Å². The fourth-order valence-corrected chi connectivity index (χ4v) is 2.66. The number of hydrogen-bond acceptors (Lipinski definition) is 1. The summed E-state index contributed by atoms with van der Waals surface area (Å²) in [4.78, 5) is 0. The molecule has 0 aliphatic rings. The van der Waals surface area contributed by atoms with E-state index in [4.69, 9.17) is 11.6 Å². The molecule has 19 heavy (non-hydrogen) atoms. The highest BCUT2D eigenvalue weighted by Crippen LogP contribution is 2.28. The minimum absolute atomic E-state index is 0.528. The maximum atomic E-state index is 6.35. The lowest BCUT2D eigenvalue weighted by Gasteiger charge is -2.21. The van der Waals surface area contributed by atoms with E-state index in [1.165, 1.54) is 37.7 Å². The van der Waals surface area contributed by atoms with Gasteiger partial charge in [0.25, 0.3) is 0 Å². The van der Waals surface area contributed by atoms with Crippen molar-refractivity contribution in [2.75, 3.05) is 6.54 Å². The predicted molar refractivity (Wildman–Crippen MR) is 86.1 cm³/mol. The molecule has 0 radical (unpaired) electrons. The largest absolute Gasteiger partial charge is 0.314 e. The van der Waals surface area contributed by atoms with Gasteiger partial charge < -0.3 is 5.32 Å². The highest BCUT2D eigenvalue weighted by Gasteiger charge is 2.14. The summed E-state index contributed by atoms with van der Waals surface area (Å²) in [6.45, 7) is 7.67. The van der Waals surface area contributed by atoms with Gasteiger partial charge in [-0.3, -0.25) is 0 Å². The normalized spacial score (nSPS) is 12.9. The fourth-order valence-electron chi connectivity index (χ4n) is 2.37. The molecule has 1 N–H and O–H groups in total. The van der Waals surface area contributed by atoms with Crippen molar-refractivity contribution in [1.82, 2.24) is 5.32 Å². The van der Waals surface area contributed by atoms with Crippen molar-refractivity contribution < 1.29 is 0 Å². The first-order valence-corrected chi connectivity index (χ1v) is 8.00. The molecule has 1 rings (SSSR count). The van der Waals surface area contributed by atoms with Crippen LogP contribution in [0.25, 0.3) is 0 Å². The van der Waals surface area contributed by atoms with Gasteiger partial charge in [0.1, 0.15) is 0 Å². The zero-order valence-electron chi connectivity index (χ0n) is 12.6. The third-order valence-corrected chi connectivity index (χ3v) is 3.87. The minimum atomic E-state index is 0.528. The van der Waals surface area contributed by atoms with Crippen LogP contribution in [0.15, 0.2) is 24.3 Å². The molecule has 108 valence electrons. The van der Waals surface area contributed by atoms with Crippen molar-refractivity contribution in [3.63, 3.8) is 0 Å². The average Bonchev–Trinajstić information content (AvgIpc) is 2.39. The van der Waals surface area contributed by atoms with Crippen LogP contribution in [0.1, 0.15) is 64.4 Å². The molecule has 0 saturated heterocycles. The van der Waals surface area contributed by atoms with Crippen molar-refractivity contribution in [2.45, 2.75) is 64.8 Å². The van der Waals surface area contributed by atoms with Crippen LogP contribution in [0.4, 0.5) is 0 Å². The Hall–Kier alpha value is -0.530. The van der Waals surface area contributed by atoms with E-state index in [0.717, 1.165) is 11.6 Å². The van der Waals surface area contributed by atoms with E-state index in [-0.39, 0.29) is 0 Å². The molecule has 1 nitrogen and oxygen atoms in total. The summed E-state index contributed by atoms with van der Waals surface area (Å²) in [5, 5.41) is 4.46. The van der Waals surface area contributed by atoms with Gasteiger partial charge in [0.2, 0.25) is 0 Å². The van der Waals surface area contributed by atoms with Crippen molar-refractivity contribution in [3.05, 3.63) is 34.9 Å².